The number of aromatic nitrogens is 2. The second-order valence-corrected chi connectivity index (χ2v) is 11.1. The molecule has 238 valence electrons. The molecule has 1 aliphatic heterocycles. The minimum atomic E-state index is -0.732. The van der Waals surface area contributed by atoms with Crippen molar-refractivity contribution in [2.24, 2.45) is 0 Å². The fourth-order valence-corrected chi connectivity index (χ4v) is 5.66. The van der Waals surface area contributed by atoms with E-state index in [4.69, 9.17) is 9.47 Å². The number of hydrogen-bond donors (Lipinski definition) is 2. The number of fused-ring (bicyclic) bond motifs is 2. The van der Waals surface area contributed by atoms with E-state index in [1.165, 1.54) is 35.5 Å². The molecule has 0 saturated heterocycles. The molecule has 0 aliphatic carbocycles. The molecule has 2 N–H and O–H groups in total. The van der Waals surface area contributed by atoms with Gasteiger partial charge in [0.05, 0.1) is 42.1 Å². The zero-order valence-corrected chi connectivity index (χ0v) is 25.9. The lowest BCUT2D eigenvalue weighted by Gasteiger charge is -2.29. The Morgan fingerprint density at radius 3 is 2.34 bits per heavy atom. The lowest BCUT2D eigenvalue weighted by atomic mass is 9.98. The van der Waals surface area contributed by atoms with Crippen LogP contribution in [-0.2, 0) is 19.4 Å². The van der Waals surface area contributed by atoms with Gasteiger partial charge in [-0.25, -0.2) is 4.98 Å². The minimum Gasteiger partial charge on any atom is -0.493 e. The molecule has 4 aromatic carbocycles. The van der Waals surface area contributed by atoms with Gasteiger partial charge < -0.3 is 20.1 Å². The van der Waals surface area contributed by atoms with Crippen molar-refractivity contribution in [1.29, 1.82) is 0 Å². The summed E-state index contributed by atoms with van der Waals surface area (Å²) in [4.78, 5) is 48.7. The summed E-state index contributed by atoms with van der Waals surface area (Å²) in [5, 5.41) is 17.2. The maximum atomic E-state index is 13.4. The van der Waals surface area contributed by atoms with E-state index in [1.807, 2.05) is 24.3 Å². The lowest BCUT2D eigenvalue weighted by molar-refractivity contribution is -0.385. The van der Waals surface area contributed by atoms with Crippen LogP contribution in [0.5, 0.6) is 11.5 Å². The molecular weight excluding hydrogens is 600 g/mol. The van der Waals surface area contributed by atoms with Gasteiger partial charge in [-0.15, -0.1) is 0 Å². The molecule has 0 atom stereocenters. The van der Waals surface area contributed by atoms with Crippen LogP contribution in [0.4, 0.5) is 17.1 Å². The molecule has 2 heterocycles. The van der Waals surface area contributed by atoms with E-state index in [0.717, 1.165) is 49.5 Å². The highest BCUT2D eigenvalue weighted by Gasteiger charge is 2.26. The quantitative estimate of drug-likeness (QED) is 0.147. The molecular formula is C35H32N6O6. The number of hydrogen-bond acceptors (Lipinski definition) is 9. The monoisotopic (exact) mass is 632 g/mol. The van der Waals surface area contributed by atoms with Crippen LogP contribution in [0.3, 0.4) is 0 Å². The van der Waals surface area contributed by atoms with Crippen LogP contribution in [0, 0.1) is 10.1 Å². The average molecular weight is 633 g/mol. The number of carbonyl (C=O) groups is 2. The minimum absolute atomic E-state index is 0.00544. The van der Waals surface area contributed by atoms with Crippen LogP contribution in [0.15, 0.2) is 85.1 Å². The number of ether oxygens (including phenoxy) is 2. The van der Waals surface area contributed by atoms with Crippen LogP contribution in [0.1, 0.15) is 37.5 Å². The maximum absolute atomic E-state index is 13.4. The molecule has 47 heavy (non-hydrogen) atoms. The third-order valence-electron chi connectivity index (χ3n) is 8.12. The summed E-state index contributed by atoms with van der Waals surface area (Å²) in [5.41, 5.74) is 4.43. The van der Waals surface area contributed by atoms with Crippen molar-refractivity contribution in [2.75, 3.05) is 37.9 Å². The van der Waals surface area contributed by atoms with Crippen molar-refractivity contribution in [2.45, 2.75) is 19.4 Å². The number of methoxy groups -OCH3 is 2. The molecule has 0 spiro atoms. The number of nitrogens with zero attached hydrogens (tertiary/aromatic N) is 4. The second kappa shape index (κ2) is 13.6. The average Bonchev–Trinajstić information content (AvgIpc) is 3.10. The topological polar surface area (TPSA) is 149 Å². The van der Waals surface area contributed by atoms with E-state index in [-0.39, 0.29) is 16.9 Å². The number of rotatable bonds is 10. The summed E-state index contributed by atoms with van der Waals surface area (Å²) in [6.07, 6.45) is 3.04. The molecule has 12 heteroatoms. The standard InChI is InChI=1S/C35H32N6O6/c1-46-31-18-23-15-17-40(21-24(23)19-32(31)47-2)16-14-22-10-12-25(13-11-22)37-35(43)33-28(8-5-9-30(33)41(44)45)39-34(42)29-20-36-26-6-3-4-7-27(26)38-29/h3-13,18-20H,14-17,21H2,1-2H3,(H,37,43)(H,39,42). The van der Waals surface area contributed by atoms with Gasteiger partial charge in [-0.05, 0) is 72.0 Å². The molecule has 0 bridgehead atoms. The number of benzene rings is 4. The summed E-state index contributed by atoms with van der Waals surface area (Å²) in [6.45, 7) is 2.59. The first kappa shape index (κ1) is 31.1. The largest absolute Gasteiger partial charge is 0.493 e. The molecule has 0 radical (unpaired) electrons. The number of nitro groups is 1. The molecule has 0 fully saturated rings. The predicted molar refractivity (Wildman–Crippen MR) is 177 cm³/mol. The number of anilines is 2. The van der Waals surface area contributed by atoms with Crippen molar-refractivity contribution in [3.63, 3.8) is 0 Å². The number of nitrogens with one attached hydrogen (secondary N) is 2. The van der Waals surface area contributed by atoms with E-state index in [9.17, 15) is 19.7 Å². The SMILES string of the molecule is COc1cc2c(cc1OC)CN(CCc1ccc(NC(=O)c3c(NC(=O)c4cnc5ccccc5n4)cccc3[N+](=O)[O-])cc1)CC2. The highest BCUT2D eigenvalue weighted by Crippen LogP contribution is 2.33. The van der Waals surface area contributed by atoms with Gasteiger partial charge in [-0.2, -0.15) is 0 Å². The molecule has 6 rings (SSSR count). The van der Waals surface area contributed by atoms with Gasteiger partial charge in [0.15, 0.2) is 11.5 Å². The number of para-hydroxylation sites is 2. The van der Waals surface area contributed by atoms with E-state index in [0.29, 0.717) is 16.7 Å². The van der Waals surface area contributed by atoms with Crippen LogP contribution >= 0.6 is 0 Å². The summed E-state index contributed by atoms with van der Waals surface area (Å²) >= 11 is 0. The third kappa shape index (κ3) is 6.87. The van der Waals surface area contributed by atoms with Gasteiger partial charge in [0, 0.05) is 31.4 Å². The van der Waals surface area contributed by atoms with E-state index in [2.05, 4.69) is 31.6 Å². The van der Waals surface area contributed by atoms with E-state index in [1.54, 1.807) is 44.6 Å². The zero-order valence-electron chi connectivity index (χ0n) is 25.9. The van der Waals surface area contributed by atoms with Crippen LogP contribution in [-0.4, -0.2) is 58.9 Å². The Balaban J connectivity index is 1.12. The summed E-state index contributed by atoms with van der Waals surface area (Å²) in [7, 11) is 3.28. The maximum Gasteiger partial charge on any atom is 0.284 e. The molecule has 0 saturated carbocycles. The van der Waals surface area contributed by atoms with Gasteiger partial charge >= 0.3 is 0 Å². The molecule has 0 unspecified atom stereocenters. The Kier molecular flexibility index (Phi) is 9.02. The van der Waals surface area contributed by atoms with Crippen LogP contribution in [0.25, 0.3) is 11.0 Å². The Labute approximate surface area is 270 Å². The predicted octanol–water partition coefficient (Wildman–Crippen LogP) is 5.66. The number of nitro benzene ring substituents is 1. The van der Waals surface area contributed by atoms with Gasteiger partial charge in [0.1, 0.15) is 11.3 Å². The fraction of sp³-hybridized carbons (Fsp3) is 0.200. The zero-order chi connectivity index (χ0) is 32.9. The second-order valence-electron chi connectivity index (χ2n) is 11.1. The van der Waals surface area contributed by atoms with Gasteiger partial charge in [-0.3, -0.25) is 29.6 Å². The molecule has 1 aliphatic rings. The van der Waals surface area contributed by atoms with E-state index < -0.39 is 22.4 Å². The highest BCUT2D eigenvalue weighted by atomic mass is 16.6. The van der Waals surface area contributed by atoms with Gasteiger partial charge in [0.2, 0.25) is 0 Å². The highest BCUT2D eigenvalue weighted by molar-refractivity contribution is 6.14. The Hall–Kier alpha value is -5.88. The van der Waals surface area contributed by atoms with Crippen molar-refractivity contribution in [3.05, 3.63) is 123 Å². The van der Waals surface area contributed by atoms with Crippen molar-refractivity contribution in [1.82, 2.24) is 14.9 Å². The Morgan fingerprint density at radius 2 is 1.62 bits per heavy atom. The van der Waals surface area contributed by atoms with Gasteiger partial charge in [0.25, 0.3) is 17.5 Å². The molecule has 5 aromatic rings. The third-order valence-corrected chi connectivity index (χ3v) is 8.12. The summed E-state index contributed by atoms with van der Waals surface area (Å²) in [5.74, 6) is 0.0769. The first-order valence-corrected chi connectivity index (χ1v) is 15.0. The molecule has 1 aromatic heterocycles. The first-order valence-electron chi connectivity index (χ1n) is 15.0. The van der Waals surface area contributed by atoms with Crippen molar-refractivity contribution >= 4 is 39.9 Å². The normalized spacial score (nSPS) is 12.6. The summed E-state index contributed by atoms with van der Waals surface area (Å²) < 4.78 is 10.9. The van der Waals surface area contributed by atoms with Crippen molar-refractivity contribution < 1.29 is 24.0 Å². The van der Waals surface area contributed by atoms with Crippen molar-refractivity contribution in [3.8, 4) is 11.5 Å². The van der Waals surface area contributed by atoms with Crippen LogP contribution in [0.2, 0.25) is 0 Å². The fourth-order valence-electron chi connectivity index (χ4n) is 5.66. The molecule has 12 nitrogen and oxygen atoms in total. The summed E-state index contributed by atoms with van der Waals surface area (Å²) in [6, 6.07) is 22.6. The smallest absolute Gasteiger partial charge is 0.284 e. The van der Waals surface area contributed by atoms with E-state index >= 15 is 0 Å². The number of amides is 2. The lowest BCUT2D eigenvalue weighted by Crippen LogP contribution is -2.32. The first-order chi connectivity index (χ1) is 22.8. The number of carbonyl (C=O) groups excluding carboxylic acids is 2. The molecule has 2 amide bonds. The van der Waals surface area contributed by atoms with Crippen LogP contribution < -0.4 is 20.1 Å². The Morgan fingerprint density at radius 1 is 0.894 bits per heavy atom. The van der Waals surface area contributed by atoms with Gasteiger partial charge in [-0.1, -0.05) is 30.3 Å². The Bertz CT molecular complexity index is 1980.